The van der Waals surface area contributed by atoms with Gasteiger partial charge in [-0.25, -0.2) is 0 Å². The third-order valence-electron chi connectivity index (χ3n) is 3.48. The van der Waals surface area contributed by atoms with Gasteiger partial charge in [0.15, 0.2) is 0 Å². The van der Waals surface area contributed by atoms with Gasteiger partial charge < -0.3 is 4.55 Å². The highest BCUT2D eigenvalue weighted by Crippen LogP contribution is 2.19. The molecule has 0 aliphatic rings. The number of nitrogens with zero attached hydrogens (tertiary/aromatic N) is 3. The number of rotatable bonds is 5. The Bertz CT molecular complexity index is 863. The molecule has 6 nitrogen and oxygen atoms in total. The van der Waals surface area contributed by atoms with Gasteiger partial charge in [0, 0.05) is 6.20 Å². The van der Waals surface area contributed by atoms with Crippen LogP contribution < -0.4 is 0 Å². The van der Waals surface area contributed by atoms with E-state index in [-0.39, 0.29) is 4.90 Å². The molecule has 0 fully saturated rings. The minimum Gasteiger partial charge on any atom is -0.591 e. The second-order valence-corrected chi connectivity index (χ2v) is 10.3. The SMILES string of the molecule is CC/C(=N\[S+]([O-])C(C)(C)C)c1ccn(S(=O)(=O)c2ccc(C)cc2)n1. The van der Waals surface area contributed by atoms with E-state index < -0.39 is 26.1 Å². The molecule has 0 N–H and O–H groups in total. The minimum absolute atomic E-state index is 0.168. The molecule has 0 aliphatic heterocycles. The molecule has 136 valence electrons. The fraction of sp³-hybridized carbons (Fsp3) is 0.412. The van der Waals surface area contributed by atoms with E-state index in [4.69, 9.17) is 0 Å². The Balaban J connectivity index is 2.38. The first-order valence-electron chi connectivity index (χ1n) is 7.93. The summed E-state index contributed by atoms with van der Waals surface area (Å²) in [7, 11) is -3.76. The molecule has 0 radical (unpaired) electrons. The lowest BCUT2D eigenvalue weighted by molar-refractivity contribution is 0.561. The summed E-state index contributed by atoms with van der Waals surface area (Å²) in [4.78, 5) is 0.168. The number of aryl methyl sites for hydroxylation is 1. The van der Waals surface area contributed by atoms with Gasteiger partial charge in [-0.1, -0.05) is 29.0 Å². The third-order valence-corrected chi connectivity index (χ3v) is 6.48. The van der Waals surface area contributed by atoms with Gasteiger partial charge in [0.25, 0.3) is 10.0 Å². The van der Waals surface area contributed by atoms with Crippen LogP contribution in [0.5, 0.6) is 0 Å². The molecule has 1 heterocycles. The van der Waals surface area contributed by atoms with E-state index >= 15 is 0 Å². The van der Waals surface area contributed by atoms with Crippen LogP contribution in [0.25, 0.3) is 0 Å². The van der Waals surface area contributed by atoms with Crippen molar-refractivity contribution in [1.29, 1.82) is 0 Å². The Hall–Kier alpha value is -1.64. The van der Waals surface area contributed by atoms with Crippen LogP contribution in [-0.2, 0) is 21.4 Å². The first kappa shape index (κ1) is 19.7. The smallest absolute Gasteiger partial charge is 0.282 e. The van der Waals surface area contributed by atoms with E-state index in [2.05, 4.69) is 9.50 Å². The van der Waals surface area contributed by atoms with E-state index in [1.54, 1.807) is 30.3 Å². The summed E-state index contributed by atoms with van der Waals surface area (Å²) in [6, 6.07) is 8.16. The molecule has 0 amide bonds. The Morgan fingerprint density at radius 2 is 1.84 bits per heavy atom. The van der Waals surface area contributed by atoms with Crippen LogP contribution in [-0.4, -0.2) is 32.6 Å². The standard InChI is InChI=1S/C17H23N3O3S2/c1-6-15(19-24(21)17(3,4)5)16-11-12-20(18-16)25(22,23)14-9-7-13(2)8-10-14/h7-12H,6H2,1-5H3/b19-15+. The van der Waals surface area contributed by atoms with Crippen molar-refractivity contribution in [3.8, 4) is 0 Å². The molecule has 1 unspecified atom stereocenters. The average molecular weight is 382 g/mol. The van der Waals surface area contributed by atoms with Crippen LogP contribution in [0.2, 0.25) is 0 Å². The first-order chi connectivity index (χ1) is 11.6. The van der Waals surface area contributed by atoms with Crippen LogP contribution in [0.15, 0.2) is 45.8 Å². The van der Waals surface area contributed by atoms with Crippen molar-refractivity contribution >= 4 is 27.1 Å². The Morgan fingerprint density at radius 3 is 2.36 bits per heavy atom. The molecule has 1 atom stereocenters. The normalized spacial score (nSPS) is 14.6. The highest BCUT2D eigenvalue weighted by molar-refractivity contribution is 7.91. The maximum absolute atomic E-state index is 12.7. The summed E-state index contributed by atoms with van der Waals surface area (Å²) < 4.78 is 42.2. The molecule has 1 aromatic heterocycles. The zero-order chi connectivity index (χ0) is 18.8. The Kier molecular flexibility index (Phi) is 5.75. The van der Waals surface area contributed by atoms with Crippen molar-refractivity contribution in [2.24, 2.45) is 4.40 Å². The third kappa shape index (κ3) is 4.50. The molecule has 2 aromatic rings. The highest BCUT2D eigenvalue weighted by Gasteiger charge is 2.28. The lowest BCUT2D eigenvalue weighted by Crippen LogP contribution is -2.27. The van der Waals surface area contributed by atoms with Crippen molar-refractivity contribution in [2.45, 2.75) is 50.7 Å². The zero-order valence-electron chi connectivity index (χ0n) is 15.1. The molecular weight excluding hydrogens is 358 g/mol. The van der Waals surface area contributed by atoms with Gasteiger partial charge in [-0.2, -0.15) is 17.6 Å². The fourth-order valence-corrected chi connectivity index (χ4v) is 3.75. The van der Waals surface area contributed by atoms with Gasteiger partial charge in [0.2, 0.25) is 0 Å². The van der Waals surface area contributed by atoms with Crippen LogP contribution in [0.4, 0.5) is 0 Å². The summed E-state index contributed by atoms with van der Waals surface area (Å²) in [5.74, 6) is 0. The summed E-state index contributed by atoms with van der Waals surface area (Å²) in [5.41, 5.74) is 1.91. The molecule has 1 aromatic carbocycles. The van der Waals surface area contributed by atoms with Crippen molar-refractivity contribution in [3.63, 3.8) is 0 Å². The predicted octanol–water partition coefficient (Wildman–Crippen LogP) is 3.09. The number of hydrogen-bond donors (Lipinski definition) is 0. The van der Waals surface area contributed by atoms with Crippen molar-refractivity contribution < 1.29 is 13.0 Å². The van der Waals surface area contributed by atoms with Crippen molar-refractivity contribution in [3.05, 3.63) is 47.8 Å². The summed E-state index contributed by atoms with van der Waals surface area (Å²) >= 11 is -1.43. The van der Waals surface area contributed by atoms with Crippen LogP contribution in [0, 0.1) is 6.92 Å². The van der Waals surface area contributed by atoms with Crippen molar-refractivity contribution in [2.75, 3.05) is 0 Å². The molecule has 0 aliphatic carbocycles. The highest BCUT2D eigenvalue weighted by atomic mass is 32.2. The lowest BCUT2D eigenvalue weighted by Gasteiger charge is -2.18. The van der Waals surface area contributed by atoms with Crippen LogP contribution >= 0.6 is 0 Å². The van der Waals surface area contributed by atoms with Gasteiger partial charge in [-0.3, -0.25) is 0 Å². The fourth-order valence-electron chi connectivity index (χ4n) is 1.94. The molecule has 0 bridgehead atoms. The number of aromatic nitrogens is 2. The number of hydrogen-bond acceptors (Lipinski definition) is 5. The number of benzene rings is 1. The zero-order valence-corrected chi connectivity index (χ0v) is 16.7. The second-order valence-electron chi connectivity index (χ2n) is 6.64. The topological polar surface area (TPSA) is 87.4 Å². The molecule has 0 saturated heterocycles. The first-order valence-corrected chi connectivity index (χ1v) is 10.5. The Labute approximate surface area is 152 Å². The van der Waals surface area contributed by atoms with Gasteiger partial charge in [-0.05, 0) is 52.3 Å². The van der Waals surface area contributed by atoms with E-state index in [1.807, 2.05) is 34.6 Å². The molecule has 0 saturated carbocycles. The molecule has 25 heavy (non-hydrogen) atoms. The largest absolute Gasteiger partial charge is 0.591 e. The Morgan fingerprint density at radius 1 is 1.24 bits per heavy atom. The van der Waals surface area contributed by atoms with Gasteiger partial charge >= 0.3 is 0 Å². The molecule has 2 rings (SSSR count). The minimum atomic E-state index is -3.76. The summed E-state index contributed by atoms with van der Waals surface area (Å²) in [6.07, 6.45) is 1.89. The molecule has 0 spiro atoms. The average Bonchev–Trinajstić information content (AvgIpc) is 3.02. The lowest BCUT2D eigenvalue weighted by atomic mass is 10.2. The van der Waals surface area contributed by atoms with Crippen LogP contribution in [0.3, 0.4) is 0 Å². The maximum atomic E-state index is 12.7. The molecule has 8 heteroatoms. The van der Waals surface area contributed by atoms with Crippen LogP contribution in [0.1, 0.15) is 45.4 Å². The summed E-state index contributed by atoms with van der Waals surface area (Å²) in [6.45, 7) is 9.26. The second kappa shape index (κ2) is 7.31. The summed E-state index contributed by atoms with van der Waals surface area (Å²) in [5, 5.41) is 4.15. The van der Waals surface area contributed by atoms with E-state index in [0.29, 0.717) is 17.8 Å². The van der Waals surface area contributed by atoms with Gasteiger partial charge in [0.1, 0.15) is 27.5 Å². The quantitative estimate of drug-likeness (QED) is 0.588. The van der Waals surface area contributed by atoms with E-state index in [1.165, 1.54) is 6.20 Å². The van der Waals surface area contributed by atoms with E-state index in [0.717, 1.165) is 9.65 Å². The van der Waals surface area contributed by atoms with E-state index in [9.17, 15) is 13.0 Å². The predicted molar refractivity (Wildman–Crippen MR) is 101 cm³/mol. The van der Waals surface area contributed by atoms with Crippen molar-refractivity contribution in [1.82, 2.24) is 9.19 Å². The molecular formula is C17H23N3O3S2. The van der Waals surface area contributed by atoms with Gasteiger partial charge in [-0.15, -0.1) is 0 Å². The van der Waals surface area contributed by atoms with Gasteiger partial charge in [0.05, 0.1) is 4.90 Å². The maximum Gasteiger partial charge on any atom is 0.282 e. The monoisotopic (exact) mass is 381 g/mol.